The fraction of sp³-hybridized carbons (Fsp3) is 0.471. The molecule has 1 amide bonds. The average molecular weight is 593 g/mol. The minimum Gasteiger partial charge on any atom is -0.507 e. The summed E-state index contributed by atoms with van der Waals surface area (Å²) in [5.41, 5.74) is 1.89. The predicted molar refractivity (Wildman–Crippen MR) is 166 cm³/mol. The fourth-order valence-electron chi connectivity index (χ4n) is 5.55. The molecule has 2 heterocycles. The molecule has 0 aromatic heterocycles. The molecule has 0 aliphatic carbocycles. The molecule has 232 valence electrons. The third kappa shape index (κ3) is 7.77. The number of likely N-dealkylation sites (tertiary alicyclic amines) is 1. The summed E-state index contributed by atoms with van der Waals surface area (Å²) in [6, 6.07) is 9.89. The largest absolute Gasteiger partial charge is 0.507 e. The van der Waals surface area contributed by atoms with Gasteiger partial charge in [0.25, 0.3) is 11.7 Å². The summed E-state index contributed by atoms with van der Waals surface area (Å²) in [4.78, 5) is 31.0. The highest BCUT2D eigenvalue weighted by Crippen LogP contribution is 2.42. The van der Waals surface area contributed by atoms with E-state index in [4.69, 9.17) is 18.9 Å². The number of Topliss-reactive ketones (excluding diaryl/α,β-unsaturated/α-hetero) is 1. The first-order chi connectivity index (χ1) is 20.9. The Kier molecular flexibility index (Phi) is 11.6. The van der Waals surface area contributed by atoms with Crippen molar-refractivity contribution in [1.82, 2.24) is 9.80 Å². The van der Waals surface area contributed by atoms with Crippen LogP contribution in [-0.4, -0.2) is 86.3 Å². The molecule has 9 nitrogen and oxygen atoms in total. The molecule has 2 aromatic rings. The first-order valence-corrected chi connectivity index (χ1v) is 15.1. The van der Waals surface area contributed by atoms with Crippen LogP contribution in [0.1, 0.15) is 55.3 Å². The summed E-state index contributed by atoms with van der Waals surface area (Å²) in [7, 11) is 1.57. The van der Waals surface area contributed by atoms with Gasteiger partial charge >= 0.3 is 0 Å². The van der Waals surface area contributed by atoms with Gasteiger partial charge in [-0.15, -0.1) is 0 Å². The quantitative estimate of drug-likeness (QED) is 0.0981. The minimum absolute atomic E-state index is 0.0536. The topological polar surface area (TPSA) is 97.8 Å². The second-order valence-electron chi connectivity index (χ2n) is 10.8. The Morgan fingerprint density at radius 1 is 1.05 bits per heavy atom. The van der Waals surface area contributed by atoms with E-state index in [0.717, 1.165) is 38.9 Å². The second-order valence-corrected chi connectivity index (χ2v) is 10.8. The second kappa shape index (κ2) is 15.6. The molecule has 2 aliphatic heterocycles. The highest BCUT2D eigenvalue weighted by molar-refractivity contribution is 6.46. The van der Waals surface area contributed by atoms with Crippen molar-refractivity contribution in [2.24, 2.45) is 0 Å². The Morgan fingerprint density at radius 3 is 2.53 bits per heavy atom. The minimum atomic E-state index is -0.788. The Balaban J connectivity index is 1.70. The number of amides is 1. The third-order valence-corrected chi connectivity index (χ3v) is 7.85. The summed E-state index contributed by atoms with van der Waals surface area (Å²) < 4.78 is 22.7. The van der Waals surface area contributed by atoms with E-state index in [1.807, 2.05) is 19.1 Å². The van der Waals surface area contributed by atoms with E-state index in [0.29, 0.717) is 73.3 Å². The lowest BCUT2D eigenvalue weighted by molar-refractivity contribution is -0.140. The maximum Gasteiger partial charge on any atom is 0.295 e. The van der Waals surface area contributed by atoms with Crippen molar-refractivity contribution < 1.29 is 33.6 Å². The van der Waals surface area contributed by atoms with Crippen molar-refractivity contribution in [3.05, 3.63) is 71.3 Å². The molecule has 1 unspecified atom stereocenters. The molecular formula is C34H44N2O7. The van der Waals surface area contributed by atoms with Crippen molar-refractivity contribution in [3.8, 4) is 17.2 Å². The third-order valence-electron chi connectivity index (χ3n) is 7.85. The zero-order chi connectivity index (χ0) is 30.8. The van der Waals surface area contributed by atoms with Crippen LogP contribution in [0.4, 0.5) is 0 Å². The standard InChI is InChI=1S/C34H44N2O7/c1-5-7-8-19-43-28-13-10-25(23-29(28)40-4)31-30(32(37)27-12-11-26(22-24(27)3)42-18-6-2)33(38)34(39)36(31)15-9-14-35-16-20-41-21-17-35/h6,10-13,22-23,31,37H,2,5,7-9,14-21H2,1,3-4H3/b32-30+. The molecule has 1 N–H and O–H groups in total. The molecule has 4 rings (SSSR count). The van der Waals surface area contributed by atoms with E-state index in [1.165, 1.54) is 0 Å². The van der Waals surface area contributed by atoms with Gasteiger partial charge in [-0.25, -0.2) is 0 Å². The number of rotatable bonds is 15. The van der Waals surface area contributed by atoms with Crippen LogP contribution >= 0.6 is 0 Å². The number of aryl methyl sites for hydroxylation is 1. The normalized spacial score (nSPS) is 18.6. The summed E-state index contributed by atoms with van der Waals surface area (Å²) in [6.07, 6.45) is 5.42. The highest BCUT2D eigenvalue weighted by Gasteiger charge is 2.46. The fourth-order valence-corrected chi connectivity index (χ4v) is 5.55. The SMILES string of the molecule is C=CCOc1ccc(/C(O)=C2\C(=O)C(=O)N(CCCN3CCOCC3)C2c2ccc(OCCCCC)c(OC)c2)c(C)c1. The van der Waals surface area contributed by atoms with Gasteiger partial charge in [-0.05, 0) is 61.2 Å². The number of carbonyl (C=O) groups is 2. The van der Waals surface area contributed by atoms with E-state index in [1.54, 1.807) is 42.4 Å². The number of ether oxygens (including phenoxy) is 4. The molecule has 0 radical (unpaired) electrons. The highest BCUT2D eigenvalue weighted by atomic mass is 16.5. The number of unbranched alkanes of at least 4 members (excludes halogenated alkanes) is 2. The number of nitrogens with zero attached hydrogens (tertiary/aromatic N) is 2. The van der Waals surface area contributed by atoms with Gasteiger partial charge in [-0.1, -0.05) is 38.5 Å². The number of carbonyl (C=O) groups excluding carboxylic acids is 2. The van der Waals surface area contributed by atoms with Gasteiger partial charge in [0.2, 0.25) is 0 Å². The van der Waals surface area contributed by atoms with Gasteiger partial charge in [-0.3, -0.25) is 14.5 Å². The van der Waals surface area contributed by atoms with Gasteiger partial charge in [0, 0.05) is 31.7 Å². The van der Waals surface area contributed by atoms with Crippen LogP contribution in [0, 0.1) is 6.92 Å². The van der Waals surface area contributed by atoms with E-state index in [9.17, 15) is 14.7 Å². The number of morpholine rings is 1. The first-order valence-electron chi connectivity index (χ1n) is 15.1. The molecule has 2 fully saturated rings. The average Bonchev–Trinajstić information content (AvgIpc) is 3.27. The summed E-state index contributed by atoms with van der Waals surface area (Å²) in [6.45, 7) is 12.7. The molecule has 2 aromatic carbocycles. The number of ketones is 1. The van der Waals surface area contributed by atoms with Gasteiger partial charge in [0.05, 0.1) is 38.5 Å². The lowest BCUT2D eigenvalue weighted by Crippen LogP contribution is -2.39. The Hall–Kier alpha value is -3.82. The van der Waals surface area contributed by atoms with Crippen molar-refractivity contribution >= 4 is 17.4 Å². The predicted octanol–water partition coefficient (Wildman–Crippen LogP) is 5.28. The molecule has 9 heteroatoms. The van der Waals surface area contributed by atoms with Crippen LogP contribution in [0.15, 0.2) is 54.6 Å². The summed E-state index contributed by atoms with van der Waals surface area (Å²) in [5, 5.41) is 11.6. The Bertz CT molecular complexity index is 1320. The maximum atomic E-state index is 13.6. The number of benzene rings is 2. The number of hydrogen-bond donors (Lipinski definition) is 1. The maximum absolute atomic E-state index is 13.6. The molecule has 2 saturated heterocycles. The van der Waals surface area contributed by atoms with E-state index in [2.05, 4.69) is 18.4 Å². The molecule has 0 spiro atoms. The van der Waals surface area contributed by atoms with E-state index >= 15 is 0 Å². The first kappa shape index (κ1) is 32.1. The Labute approximate surface area is 254 Å². The molecule has 2 aliphatic rings. The van der Waals surface area contributed by atoms with Gasteiger partial charge in [0.1, 0.15) is 18.1 Å². The van der Waals surface area contributed by atoms with Crippen molar-refractivity contribution in [1.29, 1.82) is 0 Å². The van der Waals surface area contributed by atoms with Crippen molar-refractivity contribution in [2.45, 2.75) is 45.6 Å². The number of aliphatic hydroxyl groups excluding tert-OH is 1. The van der Waals surface area contributed by atoms with Crippen LogP contribution in [0.5, 0.6) is 17.2 Å². The monoisotopic (exact) mass is 592 g/mol. The summed E-state index contributed by atoms with van der Waals surface area (Å²) in [5.74, 6) is 0.166. The van der Waals surface area contributed by atoms with Gasteiger partial charge in [0.15, 0.2) is 11.5 Å². The van der Waals surface area contributed by atoms with Crippen LogP contribution in [0.2, 0.25) is 0 Å². The van der Waals surface area contributed by atoms with Gasteiger partial charge in [-0.2, -0.15) is 0 Å². The lowest BCUT2D eigenvalue weighted by Gasteiger charge is -2.29. The van der Waals surface area contributed by atoms with Crippen LogP contribution < -0.4 is 14.2 Å². The van der Waals surface area contributed by atoms with Gasteiger partial charge < -0.3 is 29.0 Å². The molecule has 0 bridgehead atoms. The zero-order valence-electron chi connectivity index (χ0n) is 25.6. The number of hydrogen-bond acceptors (Lipinski definition) is 8. The van der Waals surface area contributed by atoms with Crippen LogP contribution in [0.3, 0.4) is 0 Å². The summed E-state index contributed by atoms with van der Waals surface area (Å²) >= 11 is 0. The number of aliphatic hydroxyl groups is 1. The van der Waals surface area contributed by atoms with Crippen molar-refractivity contribution in [3.63, 3.8) is 0 Å². The van der Waals surface area contributed by atoms with E-state index < -0.39 is 17.7 Å². The van der Waals surface area contributed by atoms with Crippen LogP contribution in [-0.2, 0) is 14.3 Å². The van der Waals surface area contributed by atoms with Crippen LogP contribution in [0.25, 0.3) is 5.76 Å². The molecule has 43 heavy (non-hydrogen) atoms. The molecular weight excluding hydrogens is 548 g/mol. The smallest absolute Gasteiger partial charge is 0.295 e. The Morgan fingerprint density at radius 2 is 1.84 bits per heavy atom. The molecule has 1 atom stereocenters. The molecule has 0 saturated carbocycles. The number of methoxy groups -OCH3 is 1. The lowest BCUT2D eigenvalue weighted by atomic mass is 9.93. The van der Waals surface area contributed by atoms with Crippen molar-refractivity contribution in [2.75, 3.05) is 59.7 Å². The van der Waals surface area contributed by atoms with E-state index in [-0.39, 0.29) is 11.3 Å². The zero-order valence-corrected chi connectivity index (χ0v) is 25.6.